The molecule has 88 heavy (non-hydrogen) atoms. The molecular formula is C60H92N4O23Pt. The molecule has 0 saturated carbocycles. The molecule has 0 aromatic carbocycles. The van der Waals surface area contributed by atoms with Gasteiger partial charge in [-0.25, -0.2) is 9.97 Å². The van der Waals surface area contributed by atoms with Crippen molar-refractivity contribution in [2.45, 2.75) is 108 Å². The predicted octanol–water partition coefficient (Wildman–Crippen LogP) is 7.29. The van der Waals surface area contributed by atoms with E-state index < -0.39 is 46.1 Å². The number of nitrogens with zero attached hydrogens (tertiary/aromatic N) is 4. The van der Waals surface area contributed by atoms with Crippen LogP contribution in [0.4, 0.5) is 0 Å². The zero-order valence-corrected chi connectivity index (χ0v) is 57.7. The smallest absolute Gasteiger partial charge is 0.652 e. The van der Waals surface area contributed by atoms with Gasteiger partial charge in [-0.2, -0.15) is 0 Å². The molecule has 0 saturated heterocycles. The van der Waals surface area contributed by atoms with Gasteiger partial charge in [0, 0.05) is 107 Å². The molecule has 3 aromatic heterocycles. The van der Waals surface area contributed by atoms with Crippen LogP contribution in [0.2, 0.25) is 0 Å². The van der Waals surface area contributed by atoms with Gasteiger partial charge >= 0.3 is 21.1 Å². The summed E-state index contributed by atoms with van der Waals surface area (Å²) < 4.78 is 141. The number of rotatable bonds is 39. The summed E-state index contributed by atoms with van der Waals surface area (Å²) in [7, 11) is 22.4. The van der Waals surface area contributed by atoms with Gasteiger partial charge in [-0.1, -0.05) is 22.1 Å². The van der Waals surface area contributed by atoms with E-state index in [1.807, 2.05) is 13.8 Å². The van der Waals surface area contributed by atoms with Crippen LogP contribution in [0, 0.1) is 0 Å². The van der Waals surface area contributed by atoms with Crippen molar-refractivity contribution in [3.63, 3.8) is 0 Å². The second-order valence-electron chi connectivity index (χ2n) is 21.8. The van der Waals surface area contributed by atoms with E-state index in [1.165, 1.54) is 99.5 Å². The molecule has 0 N–H and O–H groups in total. The monoisotopic (exact) mass is 1430 g/mol. The molecule has 0 aliphatic carbocycles. The van der Waals surface area contributed by atoms with Crippen molar-refractivity contribution in [1.82, 2.24) is 19.9 Å². The molecule has 5 rings (SSSR count). The first kappa shape index (κ1) is 75.5. The third-order valence-corrected chi connectivity index (χ3v) is 15.3. The van der Waals surface area contributed by atoms with Crippen molar-refractivity contribution in [2.75, 3.05) is 160 Å². The van der Waals surface area contributed by atoms with Crippen molar-refractivity contribution in [3.8, 4) is 23.0 Å². The fourth-order valence-corrected chi connectivity index (χ4v) is 7.41. The predicted molar refractivity (Wildman–Crippen MR) is 316 cm³/mol. The standard InChI is InChI=1S/C60H92N4O23.Pt/c1-53(2,65-10)29-80-45-37-25-39-47(82-31-55(4,68-13)69-14)49(84-33-57(6,72-17)73-18)41(62-39)27-43-51(86-35-59(8,76-21)77-22)52(87-36-60(9,78-23)79-24)44(64-43)28-42-50(85-34-58(7,74-19)75-20)48(83-32-56(5,70-15)71-16)40(63-42)26-38(61-37)46(45)81-30-54(3,66-11)67-12;/h25-28H,29-36H2,1-24H3;/q-2;+2. The second-order valence-corrected chi connectivity index (χ2v) is 21.8. The molecule has 5 heterocycles. The summed E-state index contributed by atoms with van der Waals surface area (Å²) in [6, 6.07) is 6.50. The number of aromatic nitrogens is 4. The fraction of sp³-hybridized carbons (Fsp3) is 0.667. The van der Waals surface area contributed by atoms with E-state index in [0.29, 0.717) is 0 Å². The van der Waals surface area contributed by atoms with E-state index in [9.17, 15) is 0 Å². The van der Waals surface area contributed by atoms with Gasteiger partial charge in [0.2, 0.25) is 0 Å². The van der Waals surface area contributed by atoms with Gasteiger partial charge in [0.15, 0.2) is 63.5 Å². The SMILES string of the molecule is COC(C)(C)COC1=C(OCC(C)(OC)OC)c2cc3[n-]c(cc4nc(cc5[n-]c(cc1n2)c(OCC(C)(OC)OC)c5OCC(C)(OC)OC)C(OCC(C)(OC)OC)=C4OCC(C)(OC)OC)c(OCC(C)(OC)OC)c3OCC(C)(OC)OC.[Pt+2]. The minimum absolute atomic E-state index is 0. The van der Waals surface area contributed by atoms with Crippen LogP contribution in [0.25, 0.3) is 45.1 Å². The van der Waals surface area contributed by atoms with E-state index >= 15 is 0 Å². The summed E-state index contributed by atoms with van der Waals surface area (Å²) in [5.41, 5.74) is 0.380. The zero-order valence-electron chi connectivity index (χ0n) is 55.5. The Morgan fingerprint density at radius 1 is 0.261 bits per heavy atom. The topological polar surface area (TPSA) is 266 Å². The molecule has 0 unspecified atom stereocenters. The summed E-state index contributed by atoms with van der Waals surface area (Å²) >= 11 is 0. The van der Waals surface area contributed by atoms with Crippen molar-refractivity contribution in [1.29, 1.82) is 0 Å². The quantitative estimate of drug-likeness (QED) is 0.0507. The zero-order chi connectivity index (χ0) is 64.8. The Kier molecular flexibility index (Phi) is 27.4. The van der Waals surface area contributed by atoms with Crippen LogP contribution in [-0.2, 0) is 111 Å². The van der Waals surface area contributed by atoms with Crippen molar-refractivity contribution >= 4 is 45.1 Å². The van der Waals surface area contributed by atoms with Gasteiger partial charge in [0.1, 0.15) is 98.6 Å². The molecular weight excluding hydrogens is 1340 g/mol. The van der Waals surface area contributed by atoms with Gasteiger partial charge < -0.3 is 119 Å². The van der Waals surface area contributed by atoms with E-state index in [0.717, 1.165) is 0 Å². The Labute approximate surface area is 530 Å². The minimum atomic E-state index is -1.30. The van der Waals surface area contributed by atoms with Crippen LogP contribution in [-0.4, -0.2) is 216 Å². The molecule has 0 spiro atoms. The van der Waals surface area contributed by atoms with Crippen LogP contribution in [0.1, 0.15) is 85.1 Å². The summed E-state index contributed by atoms with van der Waals surface area (Å²) in [4.78, 5) is 21.0. The Morgan fingerprint density at radius 3 is 0.602 bits per heavy atom. The summed E-state index contributed by atoms with van der Waals surface area (Å²) in [5, 5.41) is 0. The summed E-state index contributed by atoms with van der Waals surface area (Å²) in [6.07, 6.45) is 0. The first-order valence-electron chi connectivity index (χ1n) is 27.6. The van der Waals surface area contributed by atoms with Crippen LogP contribution < -0.4 is 28.9 Å². The normalized spacial score (nSPS) is 13.9. The maximum Gasteiger partial charge on any atom is 2.00 e. The van der Waals surface area contributed by atoms with Crippen LogP contribution in [0.5, 0.6) is 23.0 Å². The molecule has 0 fully saturated rings. The first-order valence-corrected chi connectivity index (χ1v) is 27.6. The maximum atomic E-state index is 6.79. The molecule has 0 amide bonds. The minimum Gasteiger partial charge on any atom is -0.652 e. The van der Waals surface area contributed by atoms with E-state index in [4.69, 9.17) is 129 Å². The van der Waals surface area contributed by atoms with Crippen molar-refractivity contribution < 1.29 is 130 Å². The van der Waals surface area contributed by atoms with Crippen molar-refractivity contribution in [3.05, 3.63) is 47.0 Å². The Morgan fingerprint density at radius 2 is 0.432 bits per heavy atom. The second kappa shape index (κ2) is 31.9. The average Bonchev–Trinajstić information content (AvgIpc) is 2.65. The molecule has 0 atom stereocenters. The molecule has 27 nitrogen and oxygen atoms in total. The number of hydrogen-bond acceptors (Lipinski definition) is 25. The van der Waals surface area contributed by atoms with Gasteiger partial charge in [0.05, 0.1) is 5.60 Å². The molecule has 2 aliphatic heterocycles. The Balaban J connectivity index is 0.0000166. The van der Waals surface area contributed by atoms with E-state index in [2.05, 4.69) is 0 Å². The van der Waals surface area contributed by atoms with Gasteiger partial charge in [-0.05, 0) is 86.6 Å². The van der Waals surface area contributed by atoms with Crippen LogP contribution in [0.15, 0.2) is 24.3 Å². The van der Waals surface area contributed by atoms with Gasteiger partial charge in [-0.15, -0.1) is 0 Å². The number of hydrogen-bond donors (Lipinski definition) is 0. The molecule has 28 heteroatoms. The molecule has 500 valence electrons. The Hall–Kier alpha value is -4.91. The number of methoxy groups -OCH3 is 15. The Bertz CT molecular complexity index is 2950. The van der Waals surface area contributed by atoms with Crippen LogP contribution >= 0.6 is 0 Å². The molecule has 8 bridgehead atoms. The molecule has 0 radical (unpaired) electrons. The van der Waals surface area contributed by atoms with E-state index in [-0.39, 0.29) is 165 Å². The number of ether oxygens (including phenoxy) is 23. The maximum absolute atomic E-state index is 6.79. The third-order valence-electron chi connectivity index (χ3n) is 15.3. The van der Waals surface area contributed by atoms with Crippen LogP contribution in [0.3, 0.4) is 0 Å². The van der Waals surface area contributed by atoms with Crippen molar-refractivity contribution in [2.24, 2.45) is 0 Å². The summed E-state index contributed by atoms with van der Waals surface area (Å²) in [6.45, 7) is 14.2. The average molecular weight is 1430 g/mol. The fourth-order valence-electron chi connectivity index (χ4n) is 7.41. The van der Waals surface area contributed by atoms with E-state index in [1.54, 1.807) is 79.8 Å². The van der Waals surface area contributed by atoms with Gasteiger partial charge in [-0.3, -0.25) is 0 Å². The molecule has 2 aliphatic rings. The third kappa shape index (κ3) is 18.4. The first-order chi connectivity index (χ1) is 41.0. The largest absolute Gasteiger partial charge is 2.00 e. The summed E-state index contributed by atoms with van der Waals surface area (Å²) in [5.74, 6) is -8.34. The van der Waals surface area contributed by atoms with Gasteiger partial charge in [0.25, 0.3) is 0 Å². The number of fused-ring (bicyclic) bond motifs is 8. The molecule has 3 aromatic rings.